The number of pyridine rings is 1. The highest BCUT2D eigenvalue weighted by atomic mass is 35.5. The minimum Gasteiger partial charge on any atom is -0.487 e. The van der Waals surface area contributed by atoms with E-state index >= 15 is 0 Å². The maximum Gasteiger partial charge on any atom is 0.140 e. The van der Waals surface area contributed by atoms with E-state index in [0.717, 1.165) is 12.2 Å². The number of benzene rings is 1. The number of aromatic nitrogens is 1. The SMILES string of the molecule is NNc1ccc(Cl)c(COc2ccc3c(c2)CCC3)n1. The van der Waals surface area contributed by atoms with Gasteiger partial charge in [-0.05, 0) is 54.7 Å². The van der Waals surface area contributed by atoms with Crippen molar-refractivity contribution in [2.45, 2.75) is 25.9 Å². The van der Waals surface area contributed by atoms with Crippen LogP contribution in [0.1, 0.15) is 23.2 Å². The van der Waals surface area contributed by atoms with Gasteiger partial charge in [-0.15, -0.1) is 0 Å². The Morgan fingerprint density at radius 2 is 2.05 bits per heavy atom. The second kappa shape index (κ2) is 5.69. The number of nitrogen functional groups attached to an aromatic ring is 1. The van der Waals surface area contributed by atoms with Gasteiger partial charge in [0.25, 0.3) is 0 Å². The second-order valence-corrected chi connectivity index (χ2v) is 5.25. The molecule has 0 aliphatic heterocycles. The summed E-state index contributed by atoms with van der Waals surface area (Å²) < 4.78 is 5.78. The van der Waals surface area contributed by atoms with Crippen molar-refractivity contribution in [2.24, 2.45) is 5.84 Å². The van der Waals surface area contributed by atoms with Gasteiger partial charge in [-0.1, -0.05) is 17.7 Å². The minimum atomic E-state index is 0.327. The molecule has 2 aromatic rings. The van der Waals surface area contributed by atoms with Crippen LogP contribution in [0.5, 0.6) is 5.75 Å². The zero-order valence-corrected chi connectivity index (χ0v) is 11.8. The van der Waals surface area contributed by atoms with Gasteiger partial charge in [0, 0.05) is 0 Å². The molecule has 0 amide bonds. The fraction of sp³-hybridized carbons (Fsp3) is 0.267. The Hall–Kier alpha value is -1.78. The van der Waals surface area contributed by atoms with Crippen LogP contribution in [0.25, 0.3) is 0 Å². The van der Waals surface area contributed by atoms with Gasteiger partial charge in [0.1, 0.15) is 18.2 Å². The molecule has 1 aliphatic carbocycles. The van der Waals surface area contributed by atoms with E-state index in [0.29, 0.717) is 23.1 Å². The van der Waals surface area contributed by atoms with Crippen molar-refractivity contribution in [1.29, 1.82) is 0 Å². The maximum absolute atomic E-state index is 6.10. The molecule has 20 heavy (non-hydrogen) atoms. The molecule has 0 radical (unpaired) electrons. The molecule has 1 heterocycles. The van der Waals surface area contributed by atoms with Crippen molar-refractivity contribution in [3.63, 3.8) is 0 Å². The molecular formula is C15H16ClN3O. The van der Waals surface area contributed by atoms with Crippen molar-refractivity contribution in [3.8, 4) is 5.75 Å². The van der Waals surface area contributed by atoms with Crippen molar-refractivity contribution < 1.29 is 4.74 Å². The first-order chi connectivity index (χ1) is 9.76. The lowest BCUT2D eigenvalue weighted by Crippen LogP contribution is -2.10. The molecule has 1 aliphatic rings. The predicted octanol–water partition coefficient (Wildman–Crippen LogP) is 3.09. The monoisotopic (exact) mass is 289 g/mol. The molecule has 0 atom stereocenters. The molecule has 5 heteroatoms. The zero-order valence-electron chi connectivity index (χ0n) is 11.0. The number of fused-ring (bicyclic) bond motifs is 1. The normalized spacial score (nSPS) is 13.1. The van der Waals surface area contributed by atoms with E-state index in [1.807, 2.05) is 6.07 Å². The zero-order chi connectivity index (χ0) is 13.9. The third-order valence-corrected chi connectivity index (χ3v) is 3.86. The van der Waals surface area contributed by atoms with Crippen molar-refractivity contribution >= 4 is 17.4 Å². The number of hydrogen-bond donors (Lipinski definition) is 2. The Kier molecular flexibility index (Phi) is 3.76. The average Bonchev–Trinajstić information content (AvgIpc) is 2.94. The first-order valence-electron chi connectivity index (χ1n) is 6.63. The number of anilines is 1. The summed E-state index contributed by atoms with van der Waals surface area (Å²) in [6.45, 7) is 0.327. The summed E-state index contributed by atoms with van der Waals surface area (Å²) in [5.74, 6) is 6.77. The molecular weight excluding hydrogens is 274 g/mol. The van der Waals surface area contributed by atoms with Gasteiger partial charge >= 0.3 is 0 Å². The lowest BCUT2D eigenvalue weighted by molar-refractivity contribution is 0.301. The number of halogens is 1. The molecule has 1 aromatic carbocycles. The predicted molar refractivity (Wildman–Crippen MR) is 79.9 cm³/mol. The first kappa shape index (κ1) is 13.2. The molecule has 0 spiro atoms. The molecule has 0 unspecified atom stereocenters. The Labute approximate surface area is 122 Å². The Morgan fingerprint density at radius 1 is 1.20 bits per heavy atom. The summed E-state index contributed by atoms with van der Waals surface area (Å²) in [6.07, 6.45) is 3.54. The quantitative estimate of drug-likeness (QED) is 0.671. The minimum absolute atomic E-state index is 0.327. The van der Waals surface area contributed by atoms with Crippen molar-refractivity contribution in [3.05, 3.63) is 52.2 Å². The van der Waals surface area contributed by atoms with Gasteiger partial charge in [-0.3, -0.25) is 0 Å². The second-order valence-electron chi connectivity index (χ2n) is 4.84. The van der Waals surface area contributed by atoms with Crippen LogP contribution in [0.2, 0.25) is 5.02 Å². The summed E-state index contributed by atoms with van der Waals surface area (Å²) in [5, 5.41) is 0.574. The number of hydrazine groups is 1. The van der Waals surface area contributed by atoms with E-state index in [1.165, 1.54) is 24.0 Å². The van der Waals surface area contributed by atoms with Gasteiger partial charge in [-0.25, -0.2) is 10.8 Å². The van der Waals surface area contributed by atoms with Crippen LogP contribution in [0.3, 0.4) is 0 Å². The summed E-state index contributed by atoms with van der Waals surface area (Å²) in [6, 6.07) is 9.74. The molecule has 4 nitrogen and oxygen atoms in total. The van der Waals surface area contributed by atoms with Crippen LogP contribution in [0.15, 0.2) is 30.3 Å². The van der Waals surface area contributed by atoms with Crippen molar-refractivity contribution in [1.82, 2.24) is 4.98 Å². The molecule has 3 rings (SSSR count). The van der Waals surface area contributed by atoms with Crippen LogP contribution >= 0.6 is 11.6 Å². The van der Waals surface area contributed by atoms with Gasteiger partial charge < -0.3 is 10.2 Å². The highest BCUT2D eigenvalue weighted by Crippen LogP contribution is 2.27. The lowest BCUT2D eigenvalue weighted by Gasteiger charge is -2.10. The third kappa shape index (κ3) is 2.71. The van der Waals surface area contributed by atoms with E-state index in [9.17, 15) is 0 Å². The highest BCUT2D eigenvalue weighted by Gasteiger charge is 2.12. The van der Waals surface area contributed by atoms with Crippen LogP contribution in [0, 0.1) is 0 Å². The van der Waals surface area contributed by atoms with Crippen LogP contribution in [-0.4, -0.2) is 4.98 Å². The van der Waals surface area contributed by atoms with Crippen LogP contribution in [-0.2, 0) is 19.4 Å². The van der Waals surface area contributed by atoms with Gasteiger partial charge in [0.05, 0.1) is 10.7 Å². The number of nitrogens with two attached hydrogens (primary N) is 1. The summed E-state index contributed by atoms with van der Waals surface area (Å²) in [7, 11) is 0. The first-order valence-corrected chi connectivity index (χ1v) is 7.01. The van der Waals surface area contributed by atoms with E-state index in [4.69, 9.17) is 22.2 Å². The smallest absolute Gasteiger partial charge is 0.140 e. The third-order valence-electron chi connectivity index (χ3n) is 3.51. The van der Waals surface area contributed by atoms with Gasteiger partial charge in [-0.2, -0.15) is 0 Å². The van der Waals surface area contributed by atoms with Crippen LogP contribution in [0.4, 0.5) is 5.82 Å². The molecule has 0 saturated carbocycles. The van der Waals surface area contributed by atoms with E-state index < -0.39 is 0 Å². The fourth-order valence-electron chi connectivity index (χ4n) is 2.46. The summed E-state index contributed by atoms with van der Waals surface area (Å²) in [4.78, 5) is 4.29. The average molecular weight is 290 g/mol. The topological polar surface area (TPSA) is 60.2 Å². The van der Waals surface area contributed by atoms with E-state index in [2.05, 4.69) is 22.5 Å². The summed E-state index contributed by atoms with van der Waals surface area (Å²) >= 11 is 6.10. The molecule has 0 fully saturated rings. The molecule has 104 valence electrons. The highest BCUT2D eigenvalue weighted by molar-refractivity contribution is 6.31. The fourth-order valence-corrected chi connectivity index (χ4v) is 2.62. The van der Waals surface area contributed by atoms with Gasteiger partial charge in [0.2, 0.25) is 0 Å². The number of rotatable bonds is 4. The summed E-state index contributed by atoms with van der Waals surface area (Å²) in [5.41, 5.74) is 5.99. The number of nitrogens with zero attached hydrogens (tertiary/aromatic N) is 1. The van der Waals surface area contributed by atoms with Crippen molar-refractivity contribution in [2.75, 3.05) is 5.43 Å². The molecule has 3 N–H and O–H groups in total. The Bertz CT molecular complexity index is 631. The Balaban J connectivity index is 1.73. The van der Waals surface area contributed by atoms with E-state index in [1.54, 1.807) is 12.1 Å². The molecule has 0 saturated heterocycles. The largest absolute Gasteiger partial charge is 0.487 e. The number of aryl methyl sites for hydroxylation is 2. The van der Waals surface area contributed by atoms with Crippen LogP contribution < -0.4 is 16.0 Å². The number of hydrogen-bond acceptors (Lipinski definition) is 4. The van der Waals surface area contributed by atoms with Gasteiger partial charge in [0.15, 0.2) is 0 Å². The number of ether oxygens (including phenoxy) is 1. The van der Waals surface area contributed by atoms with E-state index in [-0.39, 0.29) is 0 Å². The molecule has 1 aromatic heterocycles. The standard InChI is InChI=1S/C15H16ClN3O/c16-13-6-7-15(19-17)18-14(13)9-20-12-5-4-10-2-1-3-11(10)8-12/h4-8H,1-3,9,17H2,(H,18,19). The number of nitrogens with one attached hydrogen (secondary N) is 1. The molecule has 0 bridgehead atoms. The lowest BCUT2D eigenvalue weighted by atomic mass is 10.1. The Morgan fingerprint density at radius 3 is 2.90 bits per heavy atom. The maximum atomic E-state index is 6.10.